The molecule has 0 spiro atoms. The number of rotatable bonds is 6. The fourth-order valence-corrected chi connectivity index (χ4v) is 2.05. The second-order valence-electron chi connectivity index (χ2n) is 4.23. The molecule has 0 fully saturated rings. The van der Waals surface area contributed by atoms with Crippen molar-refractivity contribution in [2.75, 3.05) is 13.1 Å². The molecule has 1 heteroatoms. The molecule has 1 rings (SSSR count). The Kier molecular flexibility index (Phi) is 10.8. The Morgan fingerprint density at radius 2 is 2.06 bits per heavy atom. The summed E-state index contributed by atoms with van der Waals surface area (Å²) in [5, 5.41) is 0. The van der Waals surface area contributed by atoms with Crippen LogP contribution in [-0.2, 0) is 0 Å². The van der Waals surface area contributed by atoms with Gasteiger partial charge >= 0.3 is 0 Å². The predicted molar refractivity (Wildman–Crippen MR) is 79.0 cm³/mol. The number of allylic oxidation sites excluding steroid dienone is 2. The van der Waals surface area contributed by atoms with Gasteiger partial charge in [-0.05, 0) is 37.8 Å². The first-order valence-corrected chi connectivity index (χ1v) is 7.01. The summed E-state index contributed by atoms with van der Waals surface area (Å²) in [7, 11) is 0. The zero-order valence-corrected chi connectivity index (χ0v) is 11.7. The zero-order chi connectivity index (χ0) is 12.9. The first kappa shape index (κ1) is 16.0. The number of hydrogen-bond donors (Lipinski definition) is 0. The third-order valence-electron chi connectivity index (χ3n) is 3.01. The predicted octanol–water partition coefficient (Wildman–Crippen LogP) is 4.78. The second-order valence-corrected chi connectivity index (χ2v) is 4.23. The molecule has 17 heavy (non-hydrogen) atoms. The van der Waals surface area contributed by atoms with E-state index in [0.717, 1.165) is 19.0 Å². The van der Waals surface area contributed by atoms with Crippen LogP contribution in [0.3, 0.4) is 0 Å². The minimum Gasteiger partial charge on any atom is -0.374 e. The Labute approximate surface area is 108 Å². The third-order valence-corrected chi connectivity index (χ3v) is 3.01. The maximum absolute atomic E-state index is 3.82. The van der Waals surface area contributed by atoms with E-state index in [4.69, 9.17) is 0 Å². The molecule has 1 nitrogen and oxygen atoms in total. The molecule has 0 aliphatic heterocycles. The molecule has 0 N–H and O–H groups in total. The van der Waals surface area contributed by atoms with Crippen LogP contribution in [0.2, 0.25) is 0 Å². The summed E-state index contributed by atoms with van der Waals surface area (Å²) in [4.78, 5) is 2.23. The summed E-state index contributed by atoms with van der Waals surface area (Å²) in [6.45, 7) is 13.6. The van der Waals surface area contributed by atoms with Crippen molar-refractivity contribution in [3.05, 3.63) is 37.6 Å². The van der Waals surface area contributed by atoms with Gasteiger partial charge in [-0.1, -0.05) is 45.1 Å². The molecule has 1 aliphatic rings. The quantitative estimate of drug-likeness (QED) is 0.599. The Hall–Kier alpha value is -0.980. The second kappa shape index (κ2) is 11.5. The molecule has 0 aromatic carbocycles. The first-order chi connectivity index (χ1) is 8.36. The van der Waals surface area contributed by atoms with Crippen molar-refractivity contribution in [1.29, 1.82) is 0 Å². The van der Waals surface area contributed by atoms with Crippen LogP contribution in [-0.4, -0.2) is 18.0 Å². The highest BCUT2D eigenvalue weighted by atomic mass is 15.1. The minimum absolute atomic E-state index is 0.778. The van der Waals surface area contributed by atoms with E-state index in [1.54, 1.807) is 0 Å². The highest BCUT2D eigenvalue weighted by Gasteiger charge is 2.08. The molecule has 0 aromatic rings. The molecule has 1 aliphatic carbocycles. The fourth-order valence-electron chi connectivity index (χ4n) is 2.05. The lowest BCUT2D eigenvalue weighted by atomic mass is 10.00. The van der Waals surface area contributed by atoms with Crippen LogP contribution >= 0.6 is 0 Å². The fraction of sp³-hybridized carbons (Fsp3) is 0.625. The van der Waals surface area contributed by atoms with Crippen LogP contribution in [0.25, 0.3) is 0 Å². The summed E-state index contributed by atoms with van der Waals surface area (Å²) in [5.74, 6) is 0.778. The van der Waals surface area contributed by atoms with Crippen molar-refractivity contribution in [3.8, 4) is 0 Å². The van der Waals surface area contributed by atoms with Gasteiger partial charge in [0.25, 0.3) is 0 Å². The monoisotopic (exact) mass is 235 g/mol. The van der Waals surface area contributed by atoms with Gasteiger partial charge in [0.05, 0.1) is 0 Å². The van der Waals surface area contributed by atoms with E-state index < -0.39 is 0 Å². The third kappa shape index (κ3) is 7.84. The van der Waals surface area contributed by atoms with Gasteiger partial charge < -0.3 is 4.90 Å². The van der Waals surface area contributed by atoms with Crippen LogP contribution in [0, 0.1) is 5.92 Å². The smallest absolute Gasteiger partial charge is 0.0351 e. The van der Waals surface area contributed by atoms with Crippen LogP contribution in [0.1, 0.15) is 46.0 Å². The number of hydrogen-bond acceptors (Lipinski definition) is 1. The zero-order valence-electron chi connectivity index (χ0n) is 11.7. The average molecular weight is 235 g/mol. The van der Waals surface area contributed by atoms with E-state index in [1.807, 2.05) is 26.1 Å². The Morgan fingerprint density at radius 1 is 1.29 bits per heavy atom. The van der Waals surface area contributed by atoms with Crippen molar-refractivity contribution in [3.63, 3.8) is 0 Å². The topological polar surface area (TPSA) is 3.24 Å². The lowest BCUT2D eigenvalue weighted by Crippen LogP contribution is -2.20. The highest BCUT2D eigenvalue weighted by Crippen LogP contribution is 2.20. The largest absolute Gasteiger partial charge is 0.374 e. The van der Waals surface area contributed by atoms with Gasteiger partial charge in [-0.25, -0.2) is 0 Å². The summed E-state index contributed by atoms with van der Waals surface area (Å²) in [6, 6.07) is 0. The van der Waals surface area contributed by atoms with E-state index >= 15 is 0 Å². The molecular weight excluding hydrogens is 206 g/mol. The highest BCUT2D eigenvalue weighted by molar-refractivity contribution is 4.92. The summed E-state index contributed by atoms with van der Waals surface area (Å²) < 4.78 is 0. The molecule has 98 valence electrons. The number of nitrogens with zero attached hydrogens (tertiary/aromatic N) is 1. The van der Waals surface area contributed by atoms with E-state index in [-0.39, 0.29) is 0 Å². The maximum Gasteiger partial charge on any atom is 0.0351 e. The summed E-state index contributed by atoms with van der Waals surface area (Å²) in [6.07, 6.45) is 15.2. The molecule has 1 unspecified atom stereocenters. The molecule has 0 amide bonds. The van der Waals surface area contributed by atoms with Crippen LogP contribution in [0.5, 0.6) is 0 Å². The van der Waals surface area contributed by atoms with Crippen LogP contribution in [0.4, 0.5) is 0 Å². The van der Waals surface area contributed by atoms with Gasteiger partial charge in [-0.15, -0.1) is 6.58 Å². The van der Waals surface area contributed by atoms with Gasteiger partial charge in [0.15, 0.2) is 0 Å². The van der Waals surface area contributed by atoms with Gasteiger partial charge in [-0.3, -0.25) is 0 Å². The van der Waals surface area contributed by atoms with Gasteiger partial charge in [-0.2, -0.15) is 0 Å². The molecule has 0 saturated carbocycles. The van der Waals surface area contributed by atoms with Gasteiger partial charge in [0.2, 0.25) is 0 Å². The Morgan fingerprint density at radius 3 is 2.71 bits per heavy atom. The summed E-state index contributed by atoms with van der Waals surface area (Å²) >= 11 is 0. The molecule has 0 heterocycles. The van der Waals surface area contributed by atoms with Crippen molar-refractivity contribution >= 4 is 0 Å². The van der Waals surface area contributed by atoms with Crippen molar-refractivity contribution in [2.24, 2.45) is 5.92 Å². The van der Waals surface area contributed by atoms with E-state index in [0.29, 0.717) is 0 Å². The van der Waals surface area contributed by atoms with E-state index in [1.165, 1.54) is 32.1 Å². The molecule has 0 saturated heterocycles. The standard InChI is InChI=1S/C14H23N.C2H6/c1-3-12-15(4-2)13-11-14-9-7-5-6-8-10-14;1-2/h3-4,7,9,14H,1-2,5-6,8,10-13H2;1-2H3. The van der Waals surface area contributed by atoms with Crippen molar-refractivity contribution < 1.29 is 0 Å². The van der Waals surface area contributed by atoms with E-state index in [2.05, 4.69) is 30.2 Å². The molecule has 0 bridgehead atoms. The first-order valence-electron chi connectivity index (χ1n) is 7.01. The van der Waals surface area contributed by atoms with Crippen LogP contribution < -0.4 is 0 Å². The normalized spacial score (nSPS) is 18.6. The Bertz CT molecular complexity index is 218. The maximum atomic E-state index is 3.82. The van der Waals surface area contributed by atoms with Gasteiger partial charge in [0, 0.05) is 13.1 Å². The molecule has 1 atom stereocenters. The van der Waals surface area contributed by atoms with Crippen molar-refractivity contribution in [1.82, 2.24) is 4.90 Å². The molecular formula is C16H29N. The lowest BCUT2D eigenvalue weighted by Gasteiger charge is -2.20. The SMILES string of the molecule is C=CCN(C=C)CCC1C=CCCCC1.CC. The molecule has 0 radical (unpaired) electrons. The van der Waals surface area contributed by atoms with Crippen molar-refractivity contribution in [2.45, 2.75) is 46.0 Å². The minimum atomic E-state index is 0.778. The summed E-state index contributed by atoms with van der Waals surface area (Å²) in [5.41, 5.74) is 0. The lowest BCUT2D eigenvalue weighted by molar-refractivity contribution is 0.370. The van der Waals surface area contributed by atoms with E-state index in [9.17, 15) is 0 Å². The molecule has 0 aromatic heterocycles. The average Bonchev–Trinajstić information content (AvgIpc) is 2.65. The Balaban J connectivity index is 0.00000121. The van der Waals surface area contributed by atoms with Gasteiger partial charge in [0.1, 0.15) is 0 Å². The van der Waals surface area contributed by atoms with Crippen LogP contribution in [0.15, 0.2) is 37.6 Å².